The first-order valence-corrected chi connectivity index (χ1v) is 15.3. The van der Waals surface area contributed by atoms with Crippen LogP contribution in [0.2, 0.25) is 0 Å². The molecule has 0 unspecified atom stereocenters. The van der Waals surface area contributed by atoms with Gasteiger partial charge in [0.15, 0.2) is 23.0 Å². The molecule has 1 saturated heterocycles. The monoisotopic (exact) mass is 642 g/mol. The molecule has 0 saturated carbocycles. The molecular weight excluding hydrogens is 604 g/mol. The summed E-state index contributed by atoms with van der Waals surface area (Å²) >= 11 is 0. The van der Waals surface area contributed by atoms with Gasteiger partial charge in [-0.1, -0.05) is 31.2 Å². The van der Waals surface area contributed by atoms with Gasteiger partial charge in [-0.15, -0.1) is 6.58 Å². The van der Waals surface area contributed by atoms with Gasteiger partial charge in [-0.25, -0.2) is 9.59 Å². The average Bonchev–Trinajstić information content (AvgIpc) is 3.05. The van der Waals surface area contributed by atoms with E-state index in [4.69, 9.17) is 24.1 Å². The predicted molar refractivity (Wildman–Crippen MR) is 175 cm³/mol. The van der Waals surface area contributed by atoms with Crippen molar-refractivity contribution in [1.82, 2.24) is 10.2 Å². The van der Waals surface area contributed by atoms with E-state index in [0.29, 0.717) is 65.9 Å². The highest BCUT2D eigenvalue weighted by Gasteiger charge is 2.36. The molecule has 1 heterocycles. The molecular formula is C36H38N2O9. The summed E-state index contributed by atoms with van der Waals surface area (Å²) in [6.45, 7) is 10.7. The Morgan fingerprint density at radius 3 is 2.23 bits per heavy atom. The Balaban J connectivity index is 1.63. The van der Waals surface area contributed by atoms with E-state index in [9.17, 15) is 19.2 Å². The number of benzene rings is 3. The molecule has 0 radical (unpaired) electrons. The van der Waals surface area contributed by atoms with Gasteiger partial charge < -0.3 is 24.1 Å². The number of ether oxygens (including phenoxy) is 4. The van der Waals surface area contributed by atoms with Crippen LogP contribution in [0.25, 0.3) is 6.08 Å². The van der Waals surface area contributed by atoms with E-state index in [1.54, 1.807) is 48.5 Å². The molecule has 0 aromatic heterocycles. The lowest BCUT2D eigenvalue weighted by atomic mass is 10.0. The van der Waals surface area contributed by atoms with Crippen molar-refractivity contribution in [2.45, 2.75) is 46.8 Å². The number of carbonyl (C=O) groups excluding carboxylic acids is 3. The number of imide groups is 2. The molecule has 0 atom stereocenters. The van der Waals surface area contributed by atoms with Gasteiger partial charge in [0.1, 0.15) is 12.2 Å². The molecule has 0 spiro atoms. The van der Waals surface area contributed by atoms with Crippen LogP contribution in [0.1, 0.15) is 59.8 Å². The topological polar surface area (TPSA) is 141 Å². The standard InChI is InChI=1S/C36H38N2O9/c1-5-9-27-17-25(20-31(45-8-4)32(27)47-22-23-10-13-26(14-11-23)35(41)42)18-28-33(39)37-36(43)38(34(28)40)21-24-12-15-29(46-16-6-2)30(19-24)44-7-3/h5,10-15,17-20H,1,6-9,16,21-22H2,2-4H3,(H,41,42)(H,37,39,43)/b28-18+. The molecule has 0 bridgehead atoms. The highest BCUT2D eigenvalue weighted by molar-refractivity contribution is 6.31. The van der Waals surface area contributed by atoms with Crippen LogP contribution in [0.5, 0.6) is 23.0 Å². The maximum atomic E-state index is 13.6. The fourth-order valence-corrected chi connectivity index (χ4v) is 4.84. The summed E-state index contributed by atoms with van der Waals surface area (Å²) in [6, 6.07) is 14.1. The second-order valence-electron chi connectivity index (χ2n) is 10.5. The number of urea groups is 1. The zero-order chi connectivity index (χ0) is 33.9. The summed E-state index contributed by atoms with van der Waals surface area (Å²) in [5.41, 5.74) is 2.47. The third-order valence-corrected chi connectivity index (χ3v) is 7.01. The number of aromatic carboxylic acids is 1. The van der Waals surface area contributed by atoms with Crippen LogP contribution in [-0.4, -0.2) is 53.6 Å². The number of amides is 4. The second-order valence-corrected chi connectivity index (χ2v) is 10.5. The molecule has 4 amide bonds. The number of carboxylic acids is 1. The summed E-state index contributed by atoms with van der Waals surface area (Å²) < 4.78 is 23.5. The number of rotatable bonds is 16. The summed E-state index contributed by atoms with van der Waals surface area (Å²) in [5.74, 6) is -0.706. The number of carboxylic acid groups (broad SMARTS) is 1. The van der Waals surface area contributed by atoms with Crippen LogP contribution in [0.4, 0.5) is 4.79 Å². The van der Waals surface area contributed by atoms with Crippen molar-refractivity contribution in [3.63, 3.8) is 0 Å². The van der Waals surface area contributed by atoms with Gasteiger partial charge in [0.05, 0.1) is 31.9 Å². The SMILES string of the molecule is C=CCc1cc(/C=C2\C(=O)NC(=O)N(Cc3ccc(OCCC)c(OCC)c3)C2=O)cc(OCC)c1OCc1ccc(C(=O)O)cc1. The number of hydrogen-bond acceptors (Lipinski definition) is 8. The van der Waals surface area contributed by atoms with Gasteiger partial charge in [-0.05, 0) is 85.9 Å². The molecule has 0 aliphatic carbocycles. The quantitative estimate of drug-likeness (QED) is 0.110. The highest BCUT2D eigenvalue weighted by atomic mass is 16.5. The molecule has 1 fully saturated rings. The Hall–Kier alpha value is -5.58. The van der Waals surface area contributed by atoms with Gasteiger partial charge in [-0.3, -0.25) is 19.8 Å². The normalized spacial score (nSPS) is 13.7. The van der Waals surface area contributed by atoms with Crippen molar-refractivity contribution in [3.8, 4) is 23.0 Å². The summed E-state index contributed by atoms with van der Waals surface area (Å²) in [7, 11) is 0. The Bertz CT molecular complexity index is 1680. The molecule has 47 heavy (non-hydrogen) atoms. The van der Waals surface area contributed by atoms with E-state index < -0.39 is 23.8 Å². The van der Waals surface area contributed by atoms with Crippen LogP contribution in [0.3, 0.4) is 0 Å². The number of barbiturate groups is 1. The highest BCUT2D eigenvalue weighted by Crippen LogP contribution is 2.36. The molecule has 1 aliphatic heterocycles. The Labute approximate surface area is 273 Å². The second kappa shape index (κ2) is 16.1. The van der Waals surface area contributed by atoms with Crippen molar-refractivity contribution in [2.75, 3.05) is 19.8 Å². The van der Waals surface area contributed by atoms with Crippen LogP contribution in [-0.2, 0) is 29.2 Å². The van der Waals surface area contributed by atoms with Gasteiger partial charge >= 0.3 is 12.0 Å². The van der Waals surface area contributed by atoms with Gasteiger partial charge in [-0.2, -0.15) is 0 Å². The van der Waals surface area contributed by atoms with Gasteiger partial charge in [0.2, 0.25) is 0 Å². The lowest BCUT2D eigenvalue weighted by Gasteiger charge is -2.27. The Kier molecular flexibility index (Phi) is 11.8. The molecule has 11 nitrogen and oxygen atoms in total. The van der Waals surface area contributed by atoms with E-state index in [1.807, 2.05) is 20.8 Å². The van der Waals surface area contributed by atoms with Crippen molar-refractivity contribution in [2.24, 2.45) is 0 Å². The minimum atomic E-state index is -1.02. The maximum absolute atomic E-state index is 13.6. The summed E-state index contributed by atoms with van der Waals surface area (Å²) in [4.78, 5) is 51.5. The van der Waals surface area contributed by atoms with Gasteiger partial charge in [0, 0.05) is 5.56 Å². The fourth-order valence-electron chi connectivity index (χ4n) is 4.84. The number of hydrogen-bond donors (Lipinski definition) is 2. The maximum Gasteiger partial charge on any atom is 0.335 e. The lowest BCUT2D eigenvalue weighted by Crippen LogP contribution is -2.53. The summed E-state index contributed by atoms with van der Waals surface area (Å²) in [5, 5.41) is 11.4. The van der Waals surface area contributed by atoms with E-state index in [1.165, 1.54) is 18.2 Å². The number of nitrogens with one attached hydrogen (secondary N) is 1. The van der Waals surface area contributed by atoms with E-state index in [-0.39, 0.29) is 24.3 Å². The van der Waals surface area contributed by atoms with Crippen LogP contribution in [0, 0.1) is 0 Å². The number of allylic oxidation sites excluding steroid dienone is 1. The molecule has 3 aromatic carbocycles. The van der Waals surface area contributed by atoms with Crippen molar-refractivity contribution < 1.29 is 43.2 Å². The molecule has 2 N–H and O–H groups in total. The first kappa shape index (κ1) is 34.3. The summed E-state index contributed by atoms with van der Waals surface area (Å²) in [6.07, 6.45) is 4.30. The van der Waals surface area contributed by atoms with Crippen LogP contribution in [0.15, 0.2) is 72.8 Å². The number of carbonyl (C=O) groups is 4. The van der Waals surface area contributed by atoms with Crippen LogP contribution >= 0.6 is 0 Å². The van der Waals surface area contributed by atoms with E-state index in [0.717, 1.165) is 16.9 Å². The molecule has 11 heteroatoms. The number of nitrogens with zero attached hydrogens (tertiary/aromatic N) is 1. The van der Waals surface area contributed by atoms with Crippen LogP contribution < -0.4 is 24.3 Å². The smallest absolute Gasteiger partial charge is 0.335 e. The first-order chi connectivity index (χ1) is 22.7. The average molecular weight is 643 g/mol. The molecule has 3 aromatic rings. The lowest BCUT2D eigenvalue weighted by molar-refractivity contribution is -0.130. The van der Waals surface area contributed by atoms with Gasteiger partial charge in [0.25, 0.3) is 11.8 Å². The largest absolute Gasteiger partial charge is 0.490 e. The van der Waals surface area contributed by atoms with Crippen molar-refractivity contribution >= 4 is 29.9 Å². The Morgan fingerprint density at radius 2 is 1.57 bits per heavy atom. The zero-order valence-corrected chi connectivity index (χ0v) is 26.7. The third kappa shape index (κ3) is 8.57. The van der Waals surface area contributed by atoms with Crippen molar-refractivity contribution in [1.29, 1.82) is 0 Å². The minimum absolute atomic E-state index is 0.102. The third-order valence-electron chi connectivity index (χ3n) is 7.01. The first-order valence-electron chi connectivity index (χ1n) is 15.3. The minimum Gasteiger partial charge on any atom is -0.490 e. The van der Waals surface area contributed by atoms with E-state index in [2.05, 4.69) is 11.9 Å². The fraction of sp³-hybridized carbons (Fsp3) is 0.278. The molecule has 246 valence electrons. The predicted octanol–water partition coefficient (Wildman–Crippen LogP) is 5.94. The molecule has 4 rings (SSSR count). The van der Waals surface area contributed by atoms with E-state index >= 15 is 0 Å². The Morgan fingerprint density at radius 1 is 0.872 bits per heavy atom. The zero-order valence-electron chi connectivity index (χ0n) is 26.7. The van der Waals surface area contributed by atoms with Crippen molar-refractivity contribution in [3.05, 3.63) is 101 Å². The molecule has 1 aliphatic rings.